The first-order valence-corrected chi connectivity index (χ1v) is 7.76. The molecule has 1 nitrogen and oxygen atoms in total. The van der Waals surface area contributed by atoms with E-state index in [-0.39, 0.29) is 0 Å². The molecule has 3 fully saturated rings. The fraction of sp³-hybridized carbons (Fsp3) is 0.588. The Morgan fingerprint density at radius 1 is 1.11 bits per heavy atom. The number of hydrogen-bond acceptors (Lipinski definition) is 1. The molecule has 1 aromatic carbocycles. The van der Waals surface area contributed by atoms with Gasteiger partial charge in [-0.3, -0.25) is 4.79 Å². The largest absolute Gasteiger partial charge is 0.294 e. The predicted molar refractivity (Wildman–Crippen MR) is 76.6 cm³/mol. The number of Topliss-reactive ketones (excluding diaryl/α,β-unsaturated/α-hetero) is 1. The maximum absolute atomic E-state index is 12.8. The molecule has 1 aromatic rings. The quantitative estimate of drug-likeness (QED) is 0.729. The molecular weight excluding hydrogens is 256 g/mol. The molecule has 3 aliphatic rings. The van der Waals surface area contributed by atoms with Crippen LogP contribution in [0.15, 0.2) is 12.1 Å². The van der Waals surface area contributed by atoms with E-state index in [4.69, 9.17) is 11.6 Å². The summed E-state index contributed by atoms with van der Waals surface area (Å²) in [5, 5.41) is 0.769. The Morgan fingerprint density at radius 2 is 1.74 bits per heavy atom. The molecule has 19 heavy (non-hydrogen) atoms. The van der Waals surface area contributed by atoms with E-state index in [2.05, 4.69) is 0 Å². The van der Waals surface area contributed by atoms with Crippen LogP contribution < -0.4 is 0 Å². The lowest BCUT2D eigenvalue weighted by Gasteiger charge is -2.11. The molecule has 0 aromatic heterocycles. The van der Waals surface area contributed by atoms with Crippen molar-refractivity contribution in [2.75, 3.05) is 0 Å². The lowest BCUT2D eigenvalue weighted by atomic mass is 9.93. The fourth-order valence-corrected chi connectivity index (χ4v) is 5.12. The summed E-state index contributed by atoms with van der Waals surface area (Å²) in [6.07, 6.45) is 4.14. The number of fused-ring (bicyclic) bond motifs is 5. The second kappa shape index (κ2) is 3.85. The topological polar surface area (TPSA) is 17.1 Å². The minimum atomic E-state index is 0.338. The molecule has 3 aliphatic carbocycles. The summed E-state index contributed by atoms with van der Waals surface area (Å²) in [4.78, 5) is 12.8. The molecule has 0 heterocycles. The van der Waals surface area contributed by atoms with Gasteiger partial charge < -0.3 is 0 Å². The van der Waals surface area contributed by atoms with Gasteiger partial charge in [0.1, 0.15) is 0 Å². The molecule has 100 valence electrons. The van der Waals surface area contributed by atoms with Gasteiger partial charge in [0.2, 0.25) is 0 Å². The summed E-state index contributed by atoms with van der Waals surface area (Å²) in [6.45, 7) is 3.99. The SMILES string of the molecule is Cc1cc(C(=O)C2C3C4CCC(C4)C23)c(C)cc1Cl. The number of carbonyl (C=O) groups excluding carboxylic acids is 1. The van der Waals surface area contributed by atoms with Crippen molar-refractivity contribution in [1.29, 1.82) is 0 Å². The number of benzene rings is 1. The smallest absolute Gasteiger partial charge is 0.166 e. The van der Waals surface area contributed by atoms with Gasteiger partial charge in [0.05, 0.1) is 0 Å². The molecule has 3 saturated carbocycles. The van der Waals surface area contributed by atoms with E-state index in [0.29, 0.717) is 11.7 Å². The number of carbonyl (C=O) groups is 1. The van der Waals surface area contributed by atoms with Crippen molar-refractivity contribution in [1.82, 2.24) is 0 Å². The molecule has 0 spiro atoms. The summed E-state index contributed by atoms with van der Waals surface area (Å²) in [6, 6.07) is 3.94. The maximum atomic E-state index is 12.8. The highest BCUT2D eigenvalue weighted by molar-refractivity contribution is 6.31. The van der Waals surface area contributed by atoms with Crippen molar-refractivity contribution in [3.63, 3.8) is 0 Å². The Hall–Kier alpha value is -0.820. The second-order valence-electron chi connectivity index (χ2n) is 6.79. The molecule has 0 N–H and O–H groups in total. The molecule has 0 amide bonds. The highest BCUT2D eigenvalue weighted by Crippen LogP contribution is 2.70. The third-order valence-corrected chi connectivity index (χ3v) is 6.22. The normalized spacial score (nSPS) is 38.4. The third kappa shape index (κ3) is 1.57. The zero-order valence-corrected chi connectivity index (χ0v) is 12.2. The maximum Gasteiger partial charge on any atom is 0.166 e. The predicted octanol–water partition coefficient (Wildman–Crippen LogP) is 4.43. The van der Waals surface area contributed by atoms with Crippen LogP contribution in [0.5, 0.6) is 0 Å². The molecule has 4 rings (SSSR count). The standard InChI is InChI=1S/C17H19ClO/c1-8-6-13(18)9(2)5-12(8)17(19)16-14-10-3-4-11(7-10)15(14)16/h5-6,10-11,14-16H,3-4,7H2,1-2H3. The number of aryl methyl sites for hydroxylation is 2. The highest BCUT2D eigenvalue weighted by Gasteiger charge is 2.67. The van der Waals surface area contributed by atoms with Gasteiger partial charge in [-0.1, -0.05) is 11.6 Å². The van der Waals surface area contributed by atoms with Gasteiger partial charge >= 0.3 is 0 Å². The molecular formula is C17H19ClO. The van der Waals surface area contributed by atoms with Crippen LogP contribution in [0, 0.1) is 43.4 Å². The fourth-order valence-electron chi connectivity index (χ4n) is 4.90. The first kappa shape index (κ1) is 12.0. The van der Waals surface area contributed by atoms with Crippen molar-refractivity contribution >= 4 is 17.4 Å². The highest BCUT2D eigenvalue weighted by atomic mass is 35.5. The molecule has 0 aliphatic heterocycles. The average molecular weight is 275 g/mol. The van der Waals surface area contributed by atoms with E-state index < -0.39 is 0 Å². The average Bonchev–Trinajstić information content (AvgIpc) is 2.81. The Kier molecular flexibility index (Phi) is 2.42. The van der Waals surface area contributed by atoms with Crippen LogP contribution in [0.4, 0.5) is 0 Å². The summed E-state index contributed by atoms with van der Waals surface area (Å²) in [5.41, 5.74) is 2.98. The van der Waals surface area contributed by atoms with E-state index in [1.54, 1.807) is 0 Å². The number of rotatable bonds is 2. The Bertz CT molecular complexity index is 561. The van der Waals surface area contributed by atoms with Crippen LogP contribution >= 0.6 is 11.6 Å². The summed E-state index contributed by atoms with van der Waals surface area (Å²) in [7, 11) is 0. The van der Waals surface area contributed by atoms with Gasteiger partial charge in [0, 0.05) is 16.5 Å². The van der Waals surface area contributed by atoms with Gasteiger partial charge in [0.25, 0.3) is 0 Å². The molecule has 4 atom stereocenters. The molecule has 0 saturated heterocycles. The van der Waals surface area contributed by atoms with Gasteiger partial charge in [-0.25, -0.2) is 0 Å². The van der Waals surface area contributed by atoms with Gasteiger partial charge in [-0.15, -0.1) is 0 Å². The number of hydrogen-bond donors (Lipinski definition) is 0. The first-order chi connectivity index (χ1) is 9.08. The molecule has 2 heteroatoms. The Morgan fingerprint density at radius 3 is 2.37 bits per heavy atom. The van der Waals surface area contributed by atoms with Crippen LogP contribution in [-0.4, -0.2) is 5.78 Å². The summed E-state index contributed by atoms with van der Waals surface area (Å²) in [5.74, 6) is 3.90. The number of halogens is 1. The second-order valence-corrected chi connectivity index (χ2v) is 7.20. The first-order valence-electron chi connectivity index (χ1n) is 7.39. The third-order valence-electron chi connectivity index (χ3n) is 5.81. The lowest BCUT2D eigenvalue weighted by Crippen LogP contribution is -2.11. The van der Waals surface area contributed by atoms with Crippen LogP contribution in [0.25, 0.3) is 0 Å². The zero-order chi connectivity index (χ0) is 13.3. The van der Waals surface area contributed by atoms with E-state index in [9.17, 15) is 4.79 Å². The van der Waals surface area contributed by atoms with Crippen LogP contribution in [-0.2, 0) is 0 Å². The van der Waals surface area contributed by atoms with Crippen LogP contribution in [0.2, 0.25) is 5.02 Å². The van der Waals surface area contributed by atoms with Crippen molar-refractivity contribution in [3.8, 4) is 0 Å². The van der Waals surface area contributed by atoms with Crippen molar-refractivity contribution in [2.45, 2.75) is 33.1 Å². The van der Waals surface area contributed by atoms with Gasteiger partial charge in [0.15, 0.2) is 5.78 Å². The van der Waals surface area contributed by atoms with Crippen molar-refractivity contribution < 1.29 is 4.79 Å². The van der Waals surface area contributed by atoms with E-state index in [0.717, 1.165) is 45.4 Å². The van der Waals surface area contributed by atoms with E-state index in [1.165, 1.54) is 19.3 Å². The van der Waals surface area contributed by atoms with Crippen molar-refractivity contribution in [2.24, 2.45) is 29.6 Å². The minimum absolute atomic E-state index is 0.338. The van der Waals surface area contributed by atoms with E-state index in [1.807, 2.05) is 26.0 Å². The molecule has 2 bridgehead atoms. The Balaban J connectivity index is 1.64. The molecule has 4 unspecified atom stereocenters. The summed E-state index contributed by atoms with van der Waals surface area (Å²) < 4.78 is 0. The lowest BCUT2D eigenvalue weighted by molar-refractivity contribution is 0.0944. The van der Waals surface area contributed by atoms with E-state index >= 15 is 0 Å². The van der Waals surface area contributed by atoms with Gasteiger partial charge in [-0.05, 0) is 80.0 Å². The Labute approximate surface area is 119 Å². The zero-order valence-electron chi connectivity index (χ0n) is 11.4. The minimum Gasteiger partial charge on any atom is -0.294 e. The van der Waals surface area contributed by atoms with Crippen LogP contribution in [0.3, 0.4) is 0 Å². The van der Waals surface area contributed by atoms with Crippen molar-refractivity contribution in [3.05, 3.63) is 33.8 Å². The summed E-state index contributed by atoms with van der Waals surface area (Å²) >= 11 is 6.13. The molecule has 0 radical (unpaired) electrons. The number of ketones is 1. The monoisotopic (exact) mass is 274 g/mol. The van der Waals surface area contributed by atoms with Crippen LogP contribution in [0.1, 0.15) is 40.7 Å². The van der Waals surface area contributed by atoms with Gasteiger partial charge in [-0.2, -0.15) is 0 Å².